The van der Waals surface area contributed by atoms with Crippen LogP contribution in [0.25, 0.3) is 11.4 Å². The highest BCUT2D eigenvalue weighted by Crippen LogP contribution is 2.32. The smallest absolute Gasteiger partial charge is 0.261 e. The Morgan fingerprint density at radius 3 is 2.38 bits per heavy atom. The molecule has 0 radical (unpaired) electrons. The van der Waals surface area contributed by atoms with Gasteiger partial charge in [0, 0.05) is 34.9 Å². The van der Waals surface area contributed by atoms with Crippen LogP contribution >= 0.6 is 11.6 Å². The molecule has 4 aromatic rings. The first-order valence-corrected chi connectivity index (χ1v) is 12.3. The van der Waals surface area contributed by atoms with E-state index in [-0.39, 0.29) is 16.7 Å². The van der Waals surface area contributed by atoms with Gasteiger partial charge in [0.15, 0.2) is 0 Å². The maximum absolute atomic E-state index is 12.5. The molecule has 1 aliphatic heterocycles. The Morgan fingerprint density at radius 1 is 0.971 bits per heavy atom. The van der Waals surface area contributed by atoms with Gasteiger partial charge in [0.05, 0.1) is 10.8 Å². The number of nitrogens with one attached hydrogen (secondary N) is 1. The van der Waals surface area contributed by atoms with Gasteiger partial charge >= 0.3 is 0 Å². The van der Waals surface area contributed by atoms with E-state index in [9.17, 15) is 13.2 Å². The minimum Gasteiger partial charge on any atom is -0.339 e. The van der Waals surface area contributed by atoms with E-state index in [0.717, 1.165) is 5.69 Å². The lowest BCUT2D eigenvalue weighted by Crippen LogP contribution is -2.24. The fourth-order valence-electron chi connectivity index (χ4n) is 3.76. The van der Waals surface area contributed by atoms with Crippen molar-refractivity contribution in [1.29, 1.82) is 0 Å². The van der Waals surface area contributed by atoms with E-state index in [0.29, 0.717) is 41.0 Å². The molecule has 34 heavy (non-hydrogen) atoms. The number of carbonyl (C=O) groups is 1. The zero-order chi connectivity index (χ0) is 23.7. The van der Waals surface area contributed by atoms with Crippen LogP contribution in [0.2, 0.25) is 5.02 Å². The zero-order valence-corrected chi connectivity index (χ0v) is 19.3. The Bertz CT molecular complexity index is 1420. The van der Waals surface area contributed by atoms with Crippen LogP contribution in [0.1, 0.15) is 18.2 Å². The highest BCUT2D eigenvalue weighted by atomic mass is 35.5. The van der Waals surface area contributed by atoms with Gasteiger partial charge in [-0.15, -0.1) is 0 Å². The Labute approximate surface area is 201 Å². The monoisotopic (exact) mass is 494 g/mol. The normalized spacial score (nSPS) is 16.1. The first-order chi connectivity index (χ1) is 16.4. The quantitative estimate of drug-likeness (QED) is 0.416. The van der Waals surface area contributed by atoms with Crippen molar-refractivity contribution in [3.8, 4) is 11.4 Å². The van der Waals surface area contributed by atoms with Crippen LogP contribution in [0.4, 0.5) is 11.4 Å². The van der Waals surface area contributed by atoms with E-state index in [1.807, 2.05) is 30.3 Å². The lowest BCUT2D eigenvalue weighted by molar-refractivity contribution is -0.117. The average molecular weight is 495 g/mol. The van der Waals surface area contributed by atoms with Crippen molar-refractivity contribution in [3.05, 3.63) is 89.8 Å². The molecule has 1 atom stereocenters. The van der Waals surface area contributed by atoms with E-state index in [4.69, 9.17) is 16.1 Å². The summed E-state index contributed by atoms with van der Waals surface area (Å²) in [5.74, 6) is 0.578. The SMILES string of the molecule is O=C1CC(c2nc(-c3ccc(NS(=O)(=O)c4ccc(Cl)cc4)cc3)no2)CN1c1ccccc1. The number of hydrogen-bond donors (Lipinski definition) is 1. The number of carbonyl (C=O) groups excluding carboxylic acids is 1. The van der Waals surface area contributed by atoms with Crippen molar-refractivity contribution >= 4 is 38.9 Å². The van der Waals surface area contributed by atoms with Crippen LogP contribution in [0.3, 0.4) is 0 Å². The molecule has 1 amide bonds. The molecule has 1 aliphatic rings. The number of hydrogen-bond acceptors (Lipinski definition) is 6. The minimum absolute atomic E-state index is 0.00766. The van der Waals surface area contributed by atoms with Crippen LogP contribution in [-0.2, 0) is 14.8 Å². The molecule has 2 heterocycles. The number of rotatable bonds is 6. The Hall–Kier alpha value is -3.69. The van der Waals surface area contributed by atoms with Crippen molar-refractivity contribution in [2.45, 2.75) is 17.2 Å². The Morgan fingerprint density at radius 2 is 1.68 bits per heavy atom. The number of para-hydroxylation sites is 1. The average Bonchev–Trinajstić information content (AvgIpc) is 3.47. The van der Waals surface area contributed by atoms with Gasteiger partial charge in [0.1, 0.15) is 0 Å². The van der Waals surface area contributed by atoms with Crippen molar-refractivity contribution < 1.29 is 17.7 Å². The number of anilines is 2. The third kappa shape index (κ3) is 4.52. The number of halogens is 1. The summed E-state index contributed by atoms with van der Waals surface area (Å²) in [6.45, 7) is 0.468. The second kappa shape index (κ2) is 8.92. The summed E-state index contributed by atoms with van der Waals surface area (Å²) >= 11 is 5.83. The summed E-state index contributed by atoms with van der Waals surface area (Å²) in [5, 5.41) is 4.50. The van der Waals surface area contributed by atoms with Gasteiger partial charge in [0.25, 0.3) is 10.0 Å². The molecule has 10 heteroatoms. The summed E-state index contributed by atoms with van der Waals surface area (Å²) in [5.41, 5.74) is 1.89. The molecule has 1 fully saturated rings. The van der Waals surface area contributed by atoms with Gasteiger partial charge in [0.2, 0.25) is 17.6 Å². The Balaban J connectivity index is 1.28. The summed E-state index contributed by atoms with van der Waals surface area (Å²) in [7, 11) is -3.74. The molecule has 1 N–H and O–H groups in total. The maximum Gasteiger partial charge on any atom is 0.261 e. The number of sulfonamides is 1. The van der Waals surface area contributed by atoms with E-state index in [1.54, 1.807) is 29.2 Å². The molecule has 1 saturated heterocycles. The first kappa shape index (κ1) is 22.1. The van der Waals surface area contributed by atoms with E-state index in [2.05, 4.69) is 14.9 Å². The molecule has 1 aromatic heterocycles. The standard InChI is InChI=1S/C24H19ClN4O4S/c25-18-8-12-21(13-9-18)34(31,32)28-19-10-6-16(7-11-19)23-26-24(33-27-23)17-14-22(30)29(15-17)20-4-2-1-3-5-20/h1-13,17,28H,14-15H2. The molecule has 5 rings (SSSR count). The third-order valence-corrected chi connectivity index (χ3v) is 7.15. The first-order valence-electron chi connectivity index (χ1n) is 10.5. The third-order valence-electron chi connectivity index (χ3n) is 5.50. The van der Waals surface area contributed by atoms with Crippen LogP contribution < -0.4 is 9.62 Å². The molecule has 8 nitrogen and oxygen atoms in total. The van der Waals surface area contributed by atoms with Crippen LogP contribution in [0, 0.1) is 0 Å². The van der Waals surface area contributed by atoms with Gasteiger partial charge in [-0.1, -0.05) is 35.0 Å². The Kier molecular flexibility index (Phi) is 5.80. The zero-order valence-electron chi connectivity index (χ0n) is 17.8. The van der Waals surface area contributed by atoms with E-state index >= 15 is 0 Å². The van der Waals surface area contributed by atoms with Crippen molar-refractivity contribution in [2.75, 3.05) is 16.2 Å². The van der Waals surface area contributed by atoms with Crippen LogP contribution in [0.5, 0.6) is 0 Å². The molecule has 0 aliphatic carbocycles. The summed E-state index contributed by atoms with van der Waals surface area (Å²) in [6.07, 6.45) is 0.294. The lowest BCUT2D eigenvalue weighted by atomic mass is 10.1. The molecule has 0 saturated carbocycles. The molecule has 172 valence electrons. The molecular formula is C24H19ClN4O4S. The molecular weight excluding hydrogens is 476 g/mol. The molecule has 0 bridgehead atoms. The lowest BCUT2D eigenvalue weighted by Gasteiger charge is -2.15. The number of amides is 1. The van der Waals surface area contributed by atoms with Gasteiger partial charge in [-0.25, -0.2) is 8.42 Å². The van der Waals surface area contributed by atoms with Gasteiger partial charge < -0.3 is 9.42 Å². The number of aromatic nitrogens is 2. The summed E-state index contributed by atoms with van der Waals surface area (Å²) in [6, 6.07) is 22.0. The number of benzene rings is 3. The number of nitrogens with zero attached hydrogens (tertiary/aromatic N) is 3. The van der Waals surface area contributed by atoms with Gasteiger partial charge in [-0.2, -0.15) is 4.98 Å². The predicted octanol–water partition coefficient (Wildman–Crippen LogP) is 4.71. The van der Waals surface area contributed by atoms with Crippen molar-refractivity contribution in [2.24, 2.45) is 0 Å². The summed E-state index contributed by atoms with van der Waals surface area (Å²) in [4.78, 5) is 18.8. The van der Waals surface area contributed by atoms with Crippen molar-refractivity contribution in [3.63, 3.8) is 0 Å². The minimum atomic E-state index is -3.74. The van der Waals surface area contributed by atoms with Gasteiger partial charge in [-0.3, -0.25) is 9.52 Å². The van der Waals surface area contributed by atoms with E-state index < -0.39 is 10.0 Å². The fraction of sp³-hybridized carbons (Fsp3) is 0.125. The highest BCUT2D eigenvalue weighted by Gasteiger charge is 2.35. The summed E-state index contributed by atoms with van der Waals surface area (Å²) < 4.78 is 33.1. The largest absolute Gasteiger partial charge is 0.339 e. The molecule has 1 unspecified atom stereocenters. The predicted molar refractivity (Wildman–Crippen MR) is 128 cm³/mol. The molecule has 0 spiro atoms. The van der Waals surface area contributed by atoms with E-state index in [1.165, 1.54) is 24.3 Å². The van der Waals surface area contributed by atoms with Crippen molar-refractivity contribution in [1.82, 2.24) is 10.1 Å². The van der Waals surface area contributed by atoms with Crippen LogP contribution in [0.15, 0.2) is 88.3 Å². The fourth-order valence-corrected chi connectivity index (χ4v) is 4.95. The molecule has 3 aromatic carbocycles. The van der Waals surface area contributed by atoms with Crippen LogP contribution in [-0.4, -0.2) is 31.0 Å². The topological polar surface area (TPSA) is 105 Å². The maximum atomic E-state index is 12.5. The second-order valence-electron chi connectivity index (χ2n) is 7.83. The van der Waals surface area contributed by atoms with Gasteiger partial charge in [-0.05, 0) is 60.7 Å². The highest BCUT2D eigenvalue weighted by molar-refractivity contribution is 7.92. The second-order valence-corrected chi connectivity index (χ2v) is 9.95.